The van der Waals surface area contributed by atoms with Crippen molar-refractivity contribution in [2.75, 3.05) is 39.3 Å². The summed E-state index contributed by atoms with van der Waals surface area (Å²) in [5.74, 6) is -0.986. The molecule has 4 rings (SSSR count). The molecule has 1 aromatic carbocycles. The monoisotopic (exact) mass is 512 g/mol. The summed E-state index contributed by atoms with van der Waals surface area (Å²) in [7, 11) is 0. The van der Waals surface area contributed by atoms with Gasteiger partial charge in [0.05, 0.1) is 0 Å². The molecule has 0 unspecified atom stereocenters. The largest absolute Gasteiger partial charge is 0.508 e. The fourth-order valence-electron chi connectivity index (χ4n) is 5.78. The Labute approximate surface area is 219 Å². The van der Waals surface area contributed by atoms with E-state index in [1.165, 1.54) is 32.1 Å². The first kappa shape index (κ1) is 26.9. The van der Waals surface area contributed by atoms with Crippen LogP contribution in [0.4, 0.5) is 0 Å². The lowest BCUT2D eigenvalue weighted by molar-refractivity contribution is -0.156. The number of piperazine rings is 2. The van der Waals surface area contributed by atoms with E-state index < -0.39 is 23.6 Å². The topological polar surface area (TPSA) is 110 Å². The second kappa shape index (κ2) is 12.9. The first-order valence-electron chi connectivity index (χ1n) is 13.9. The third kappa shape index (κ3) is 7.23. The van der Waals surface area contributed by atoms with Gasteiger partial charge in [-0.3, -0.25) is 19.2 Å². The number of aromatic hydroxyl groups is 1. The van der Waals surface area contributed by atoms with Gasteiger partial charge in [0, 0.05) is 45.3 Å². The van der Waals surface area contributed by atoms with Crippen LogP contribution in [-0.4, -0.2) is 88.7 Å². The first-order chi connectivity index (χ1) is 17.9. The molecule has 9 nitrogen and oxygen atoms in total. The van der Waals surface area contributed by atoms with Crippen molar-refractivity contribution in [3.8, 4) is 5.75 Å². The number of hydrogen-bond donors (Lipinski definition) is 2. The lowest BCUT2D eigenvalue weighted by Crippen LogP contribution is -2.58. The van der Waals surface area contributed by atoms with E-state index in [1.807, 2.05) is 12.1 Å². The van der Waals surface area contributed by atoms with E-state index >= 15 is 0 Å². The van der Waals surface area contributed by atoms with E-state index in [4.69, 9.17) is 0 Å². The van der Waals surface area contributed by atoms with Crippen molar-refractivity contribution >= 4 is 23.6 Å². The second-order valence-electron chi connectivity index (χ2n) is 10.7. The third-order valence-electron chi connectivity index (χ3n) is 8.12. The average Bonchev–Trinajstić information content (AvgIpc) is 2.91. The van der Waals surface area contributed by atoms with E-state index in [1.54, 1.807) is 26.8 Å². The average molecular weight is 513 g/mol. The Hall–Kier alpha value is -3.10. The number of benzene rings is 1. The molecule has 2 saturated heterocycles. The van der Waals surface area contributed by atoms with Gasteiger partial charge in [0.25, 0.3) is 0 Å². The number of nitrogens with zero attached hydrogens (tertiary/aromatic N) is 3. The third-order valence-corrected chi connectivity index (χ3v) is 8.12. The minimum absolute atomic E-state index is 0.0112. The maximum Gasteiger partial charge on any atom is 0.312 e. The summed E-state index contributed by atoms with van der Waals surface area (Å²) in [6.07, 6.45) is 10.2. The lowest BCUT2D eigenvalue weighted by Gasteiger charge is -2.37. The molecule has 2 N–H and O–H groups in total. The highest BCUT2D eigenvalue weighted by atomic mass is 16.3. The van der Waals surface area contributed by atoms with Crippen molar-refractivity contribution in [3.05, 3.63) is 29.8 Å². The molecule has 1 aromatic rings. The number of rotatable bonds is 11. The molecule has 1 saturated carbocycles. The number of nitrogens with one attached hydrogen (secondary N) is 1. The molecular formula is C28H40N4O5. The Morgan fingerprint density at radius 2 is 1.46 bits per heavy atom. The van der Waals surface area contributed by atoms with Gasteiger partial charge in [-0.1, -0.05) is 44.2 Å². The van der Waals surface area contributed by atoms with E-state index in [9.17, 15) is 24.3 Å². The molecule has 3 aliphatic rings. The standard InChI is InChI=1S/C28H40N4O5/c33-24-11-9-22(10-12-24)13-16-31-19-18-30(27(36)28(31)37)15-5-4-8-23-20-29-25(34)26(35)32(23)17-14-21-6-2-1-3-7-21/h9-12,21,23,33H,1-8,13-20H2,(H,29,34)/t23-/m1/s1. The molecule has 2 aliphatic heterocycles. The van der Waals surface area contributed by atoms with Crippen LogP contribution in [0, 0.1) is 5.92 Å². The maximum atomic E-state index is 12.7. The normalized spacial score (nSPS) is 21.5. The summed E-state index contributed by atoms with van der Waals surface area (Å²) in [5.41, 5.74) is 1.01. The molecule has 2 heterocycles. The molecule has 3 fully saturated rings. The van der Waals surface area contributed by atoms with Gasteiger partial charge < -0.3 is 25.1 Å². The SMILES string of the molecule is O=C1NC[C@@H](CCCCN2CCN(CCc3ccc(O)cc3)C(=O)C2=O)N(CCC2CCCCC2)C1=O. The van der Waals surface area contributed by atoms with Crippen molar-refractivity contribution in [2.24, 2.45) is 5.92 Å². The molecule has 1 atom stereocenters. The molecule has 9 heteroatoms. The van der Waals surface area contributed by atoms with Crippen molar-refractivity contribution in [1.82, 2.24) is 20.0 Å². The highest BCUT2D eigenvalue weighted by Crippen LogP contribution is 2.27. The Bertz CT molecular complexity index is 960. The number of phenolic OH excluding ortho intramolecular Hbond substituents is 1. The number of hydrogen-bond acceptors (Lipinski definition) is 5. The predicted octanol–water partition coefficient (Wildman–Crippen LogP) is 2.07. The summed E-state index contributed by atoms with van der Waals surface area (Å²) < 4.78 is 0. The Morgan fingerprint density at radius 3 is 2.16 bits per heavy atom. The Morgan fingerprint density at radius 1 is 0.784 bits per heavy atom. The van der Waals surface area contributed by atoms with Crippen molar-refractivity contribution in [3.63, 3.8) is 0 Å². The summed E-state index contributed by atoms with van der Waals surface area (Å²) in [6, 6.07) is 6.87. The van der Waals surface area contributed by atoms with Gasteiger partial charge in [-0.2, -0.15) is 0 Å². The molecule has 0 spiro atoms. The fourth-order valence-corrected chi connectivity index (χ4v) is 5.78. The molecule has 202 valence electrons. The van der Waals surface area contributed by atoms with Crippen molar-refractivity contribution in [2.45, 2.75) is 70.3 Å². The van der Waals surface area contributed by atoms with Gasteiger partial charge in [-0.25, -0.2) is 0 Å². The van der Waals surface area contributed by atoms with Crippen LogP contribution in [0.5, 0.6) is 5.75 Å². The van der Waals surface area contributed by atoms with Gasteiger partial charge in [-0.15, -0.1) is 0 Å². The van der Waals surface area contributed by atoms with Gasteiger partial charge in [0.1, 0.15) is 5.75 Å². The van der Waals surface area contributed by atoms with Gasteiger partial charge in [-0.05, 0) is 55.7 Å². The highest BCUT2D eigenvalue weighted by molar-refractivity contribution is 6.36. The number of carbonyl (C=O) groups excluding carboxylic acids is 4. The first-order valence-corrected chi connectivity index (χ1v) is 13.9. The van der Waals surface area contributed by atoms with E-state index in [0.717, 1.165) is 31.2 Å². The fraction of sp³-hybridized carbons (Fsp3) is 0.643. The van der Waals surface area contributed by atoms with Crippen LogP contribution in [0.15, 0.2) is 24.3 Å². The zero-order valence-electron chi connectivity index (χ0n) is 21.7. The Kier molecular flexibility index (Phi) is 9.41. The van der Waals surface area contributed by atoms with Crippen LogP contribution < -0.4 is 5.32 Å². The van der Waals surface area contributed by atoms with Gasteiger partial charge in [0.15, 0.2) is 0 Å². The smallest absolute Gasteiger partial charge is 0.312 e. The Balaban J connectivity index is 1.19. The minimum atomic E-state index is -0.507. The van der Waals surface area contributed by atoms with Crippen LogP contribution in [0.1, 0.15) is 63.4 Å². The van der Waals surface area contributed by atoms with Crippen molar-refractivity contribution < 1.29 is 24.3 Å². The summed E-state index contributed by atoms with van der Waals surface area (Å²) >= 11 is 0. The lowest BCUT2D eigenvalue weighted by atomic mass is 9.86. The zero-order valence-corrected chi connectivity index (χ0v) is 21.7. The summed E-state index contributed by atoms with van der Waals surface area (Å²) in [5, 5.41) is 12.1. The quantitative estimate of drug-likeness (QED) is 0.348. The second-order valence-corrected chi connectivity index (χ2v) is 10.7. The molecule has 0 radical (unpaired) electrons. The van der Waals surface area contributed by atoms with Crippen LogP contribution in [0.3, 0.4) is 0 Å². The van der Waals surface area contributed by atoms with Crippen LogP contribution in [-0.2, 0) is 25.6 Å². The minimum Gasteiger partial charge on any atom is -0.508 e. The molecule has 37 heavy (non-hydrogen) atoms. The number of unbranched alkanes of at least 4 members (excludes halogenated alkanes) is 1. The molecule has 1 aliphatic carbocycles. The summed E-state index contributed by atoms with van der Waals surface area (Å²) in [4.78, 5) is 54.8. The molecule has 4 amide bonds. The van der Waals surface area contributed by atoms with Crippen molar-refractivity contribution in [1.29, 1.82) is 0 Å². The molecular weight excluding hydrogens is 472 g/mol. The molecule has 0 aromatic heterocycles. The van der Waals surface area contributed by atoms with E-state index in [2.05, 4.69) is 5.32 Å². The van der Waals surface area contributed by atoms with Crippen LogP contribution in [0.25, 0.3) is 0 Å². The maximum absolute atomic E-state index is 12.7. The molecule has 0 bridgehead atoms. The predicted molar refractivity (Wildman–Crippen MR) is 139 cm³/mol. The number of carbonyl (C=O) groups is 4. The van der Waals surface area contributed by atoms with Crippen LogP contribution >= 0.6 is 0 Å². The van der Waals surface area contributed by atoms with E-state index in [0.29, 0.717) is 51.6 Å². The zero-order chi connectivity index (χ0) is 26.2. The van der Waals surface area contributed by atoms with Gasteiger partial charge >= 0.3 is 23.6 Å². The van der Waals surface area contributed by atoms with E-state index in [-0.39, 0.29) is 11.8 Å². The highest BCUT2D eigenvalue weighted by Gasteiger charge is 2.34. The number of phenols is 1. The number of amides is 4. The van der Waals surface area contributed by atoms with Crippen LogP contribution in [0.2, 0.25) is 0 Å². The summed E-state index contributed by atoms with van der Waals surface area (Å²) in [6.45, 7) is 3.15. The van der Waals surface area contributed by atoms with Gasteiger partial charge in [0.2, 0.25) is 0 Å².